The number of anilines is 1. The molecule has 0 bridgehead atoms. The maximum atomic E-state index is 12.6. The minimum Gasteiger partial charge on any atom is -0.338 e. The van der Waals surface area contributed by atoms with Gasteiger partial charge in [-0.15, -0.1) is 0 Å². The number of rotatable bonds is 7. The van der Waals surface area contributed by atoms with E-state index in [0.717, 1.165) is 25.7 Å². The van der Waals surface area contributed by atoms with E-state index in [1.807, 2.05) is 0 Å². The topological polar surface area (TPSA) is 127 Å². The van der Waals surface area contributed by atoms with E-state index in [4.69, 9.17) is 21.9 Å². The van der Waals surface area contributed by atoms with Gasteiger partial charge in [-0.3, -0.25) is 14.9 Å². The van der Waals surface area contributed by atoms with Gasteiger partial charge in [0.2, 0.25) is 11.8 Å². The zero-order valence-electron chi connectivity index (χ0n) is 14.9. The van der Waals surface area contributed by atoms with Crippen LogP contribution in [0.15, 0.2) is 21.5 Å². The molecule has 2 aromatic rings. The van der Waals surface area contributed by atoms with Crippen molar-refractivity contribution in [1.29, 1.82) is 0 Å². The van der Waals surface area contributed by atoms with Crippen molar-refractivity contribution in [3.05, 3.63) is 38.9 Å². The Morgan fingerprint density at radius 3 is 2.63 bits per heavy atom. The van der Waals surface area contributed by atoms with Crippen molar-refractivity contribution in [2.24, 2.45) is 23.5 Å². The lowest BCUT2D eigenvalue weighted by Gasteiger charge is -2.22. The molecule has 2 aliphatic carbocycles. The molecule has 0 aliphatic heterocycles. The molecular weight excluding hydrogens is 370 g/mol. The van der Waals surface area contributed by atoms with Crippen LogP contribution in [-0.2, 0) is 4.79 Å². The van der Waals surface area contributed by atoms with Gasteiger partial charge in [0.1, 0.15) is 5.15 Å². The molecule has 9 heteroatoms. The lowest BCUT2D eigenvalue weighted by molar-refractivity contribution is -0.119. The summed E-state index contributed by atoms with van der Waals surface area (Å²) in [5.41, 5.74) is 6.82. The number of nitrogens with one attached hydrogen (secondary N) is 2. The van der Waals surface area contributed by atoms with Crippen LogP contribution in [0.25, 0.3) is 0 Å². The number of aromatic nitrogens is 3. The van der Waals surface area contributed by atoms with Gasteiger partial charge in [0.15, 0.2) is 0 Å². The molecule has 0 spiro atoms. The summed E-state index contributed by atoms with van der Waals surface area (Å²) in [5.74, 6) is 1.00. The van der Waals surface area contributed by atoms with Gasteiger partial charge in [0.05, 0.1) is 11.7 Å². The van der Waals surface area contributed by atoms with E-state index in [2.05, 4.69) is 20.7 Å². The highest BCUT2D eigenvalue weighted by atomic mass is 35.5. The molecule has 1 unspecified atom stereocenters. The number of amides is 1. The molecule has 1 amide bonds. The Labute approximate surface area is 160 Å². The van der Waals surface area contributed by atoms with Crippen LogP contribution < -0.4 is 16.6 Å². The van der Waals surface area contributed by atoms with Crippen molar-refractivity contribution in [3.63, 3.8) is 0 Å². The van der Waals surface area contributed by atoms with Gasteiger partial charge in [-0.1, -0.05) is 23.7 Å². The van der Waals surface area contributed by atoms with Crippen molar-refractivity contribution in [2.75, 3.05) is 5.32 Å². The second-order valence-corrected chi connectivity index (χ2v) is 7.97. The first-order valence-electron chi connectivity index (χ1n) is 9.22. The fraction of sp³-hybridized carbons (Fsp3) is 0.556. The summed E-state index contributed by atoms with van der Waals surface area (Å²) in [6.45, 7) is 1.80. The summed E-state index contributed by atoms with van der Waals surface area (Å²) in [7, 11) is 0. The van der Waals surface area contributed by atoms with Crippen molar-refractivity contribution in [3.8, 4) is 0 Å². The predicted molar refractivity (Wildman–Crippen MR) is 99.4 cm³/mol. The summed E-state index contributed by atoms with van der Waals surface area (Å²) >= 11 is 5.85. The van der Waals surface area contributed by atoms with E-state index in [0.29, 0.717) is 23.1 Å². The normalized spacial score (nSPS) is 19.1. The first kappa shape index (κ1) is 18.2. The number of aromatic amines is 1. The SMILES string of the molecule is CC(c1cc(NC(=O)[C@@H](N)C(C2CC2)C2CC2)on1)c1cc(Cl)n[nH]c1=O. The molecular formula is C18H22ClN5O3. The third-order valence-corrected chi connectivity index (χ3v) is 5.73. The van der Waals surface area contributed by atoms with Crippen LogP contribution in [0.1, 0.15) is 49.8 Å². The van der Waals surface area contributed by atoms with E-state index in [1.54, 1.807) is 13.0 Å². The van der Waals surface area contributed by atoms with Gasteiger partial charge < -0.3 is 10.3 Å². The fourth-order valence-corrected chi connectivity index (χ4v) is 3.90. The lowest BCUT2D eigenvalue weighted by Crippen LogP contribution is -2.43. The van der Waals surface area contributed by atoms with Crippen LogP contribution in [0.2, 0.25) is 5.15 Å². The van der Waals surface area contributed by atoms with Crippen molar-refractivity contribution >= 4 is 23.4 Å². The average molecular weight is 392 g/mol. The highest BCUT2D eigenvalue weighted by Gasteiger charge is 2.46. The minimum atomic E-state index is -0.544. The maximum absolute atomic E-state index is 12.6. The quantitative estimate of drug-likeness (QED) is 0.664. The number of H-pyrrole nitrogens is 1. The number of nitrogens with zero attached hydrogens (tertiary/aromatic N) is 2. The minimum absolute atomic E-state index is 0.186. The van der Waals surface area contributed by atoms with Crippen LogP contribution >= 0.6 is 11.6 Å². The number of hydrogen-bond donors (Lipinski definition) is 3. The molecule has 0 aromatic carbocycles. The highest BCUT2D eigenvalue weighted by molar-refractivity contribution is 6.29. The molecule has 8 nitrogen and oxygen atoms in total. The zero-order valence-corrected chi connectivity index (χ0v) is 15.7. The third-order valence-electron chi connectivity index (χ3n) is 5.54. The Morgan fingerprint density at radius 2 is 2.00 bits per heavy atom. The first-order valence-corrected chi connectivity index (χ1v) is 9.60. The molecule has 2 aromatic heterocycles. The number of halogens is 1. The average Bonchev–Trinajstić information content (AvgIpc) is 3.58. The first-order chi connectivity index (χ1) is 12.9. The Hall–Kier alpha value is -2.19. The fourth-order valence-electron chi connectivity index (χ4n) is 3.74. The van der Waals surface area contributed by atoms with Crippen LogP contribution in [0.4, 0.5) is 5.88 Å². The van der Waals surface area contributed by atoms with E-state index < -0.39 is 6.04 Å². The van der Waals surface area contributed by atoms with Crippen LogP contribution in [0.5, 0.6) is 0 Å². The second-order valence-electron chi connectivity index (χ2n) is 7.58. The van der Waals surface area contributed by atoms with Gasteiger partial charge in [-0.25, -0.2) is 5.10 Å². The Bertz CT molecular complexity index is 890. The molecule has 2 heterocycles. The van der Waals surface area contributed by atoms with Crippen LogP contribution in [0, 0.1) is 17.8 Å². The highest BCUT2D eigenvalue weighted by Crippen LogP contribution is 2.50. The zero-order chi connectivity index (χ0) is 19.1. The summed E-state index contributed by atoms with van der Waals surface area (Å²) in [5, 5.41) is 12.9. The molecule has 2 fully saturated rings. The van der Waals surface area contributed by atoms with Gasteiger partial charge in [-0.2, -0.15) is 5.10 Å². The molecule has 0 saturated heterocycles. The Balaban J connectivity index is 1.45. The van der Waals surface area contributed by atoms with E-state index in [9.17, 15) is 9.59 Å². The van der Waals surface area contributed by atoms with Crippen LogP contribution in [-0.4, -0.2) is 27.3 Å². The second kappa shape index (κ2) is 7.09. The number of nitrogens with two attached hydrogens (primary N) is 1. The molecule has 144 valence electrons. The van der Waals surface area contributed by atoms with Crippen LogP contribution in [0.3, 0.4) is 0 Å². The van der Waals surface area contributed by atoms with Gasteiger partial charge in [0, 0.05) is 17.5 Å². The monoisotopic (exact) mass is 391 g/mol. The van der Waals surface area contributed by atoms with E-state index >= 15 is 0 Å². The molecule has 2 saturated carbocycles. The largest absolute Gasteiger partial charge is 0.338 e. The lowest BCUT2D eigenvalue weighted by atomic mass is 9.89. The predicted octanol–water partition coefficient (Wildman–Crippen LogP) is 2.27. The van der Waals surface area contributed by atoms with E-state index in [1.165, 1.54) is 6.07 Å². The molecule has 4 rings (SSSR count). The van der Waals surface area contributed by atoms with Crippen molar-refractivity contribution in [1.82, 2.24) is 15.4 Å². The summed E-state index contributed by atoms with van der Waals surface area (Å²) < 4.78 is 5.23. The van der Waals surface area contributed by atoms with Gasteiger partial charge in [-0.05, 0) is 49.5 Å². The van der Waals surface area contributed by atoms with Crippen molar-refractivity contribution in [2.45, 2.75) is 44.6 Å². The molecule has 0 radical (unpaired) electrons. The Kier molecular flexibility index (Phi) is 4.77. The molecule has 4 N–H and O–H groups in total. The standard InChI is InChI=1S/C18H22ClN5O3/c1-8(11-6-13(19)22-23-17(11)25)12-7-14(27-24-12)21-18(26)16(20)15(9-2-3-9)10-4-5-10/h6-10,15-16H,2-5,20H2,1H3,(H,21,26)(H,23,25)/t8?,16-/m0/s1. The van der Waals surface area contributed by atoms with Crippen molar-refractivity contribution < 1.29 is 9.32 Å². The summed E-state index contributed by atoms with van der Waals surface area (Å²) in [4.78, 5) is 24.5. The maximum Gasteiger partial charge on any atom is 0.268 e. The molecule has 27 heavy (non-hydrogen) atoms. The summed E-state index contributed by atoms with van der Waals surface area (Å²) in [6, 6.07) is 2.55. The number of carbonyl (C=O) groups is 1. The Morgan fingerprint density at radius 1 is 1.33 bits per heavy atom. The van der Waals surface area contributed by atoms with E-state index in [-0.39, 0.29) is 34.3 Å². The van der Waals surface area contributed by atoms with Gasteiger partial charge in [0.25, 0.3) is 5.56 Å². The number of hydrogen-bond acceptors (Lipinski definition) is 6. The van der Waals surface area contributed by atoms with Gasteiger partial charge >= 0.3 is 0 Å². The molecule has 2 atom stereocenters. The third kappa shape index (κ3) is 3.91. The summed E-state index contributed by atoms with van der Waals surface area (Å²) in [6.07, 6.45) is 4.65. The number of carbonyl (C=O) groups excluding carboxylic acids is 1. The smallest absolute Gasteiger partial charge is 0.268 e. The molecule has 2 aliphatic rings.